The van der Waals surface area contributed by atoms with E-state index in [0.717, 1.165) is 23.8 Å². The monoisotopic (exact) mass is 210 g/mol. The van der Waals surface area contributed by atoms with Crippen LogP contribution in [-0.4, -0.2) is 23.6 Å². The third-order valence-corrected chi connectivity index (χ3v) is 2.44. The summed E-state index contributed by atoms with van der Waals surface area (Å²) in [6, 6.07) is 0. The van der Waals surface area contributed by atoms with Crippen LogP contribution in [0.3, 0.4) is 0 Å². The molecular weight excluding hydrogens is 200 g/mol. The second-order valence-electron chi connectivity index (χ2n) is 2.86. The maximum Gasteiger partial charge on any atom is 0.127 e. The summed E-state index contributed by atoms with van der Waals surface area (Å²) < 4.78 is 9.57. The SMILES string of the molecule is CCn1cc(C(O)c2cnsn2)cn1. The van der Waals surface area contributed by atoms with Crippen molar-refractivity contribution in [1.82, 2.24) is 18.5 Å². The summed E-state index contributed by atoms with van der Waals surface area (Å²) in [6.45, 7) is 2.79. The van der Waals surface area contributed by atoms with Crippen molar-refractivity contribution in [2.45, 2.75) is 19.6 Å². The van der Waals surface area contributed by atoms with E-state index in [2.05, 4.69) is 13.8 Å². The van der Waals surface area contributed by atoms with E-state index in [-0.39, 0.29) is 0 Å². The molecule has 1 atom stereocenters. The molecule has 74 valence electrons. The highest BCUT2D eigenvalue weighted by atomic mass is 32.1. The van der Waals surface area contributed by atoms with E-state index >= 15 is 0 Å². The topological polar surface area (TPSA) is 63.8 Å². The van der Waals surface area contributed by atoms with Crippen LogP contribution in [0.4, 0.5) is 0 Å². The number of aliphatic hydroxyl groups excluding tert-OH is 1. The van der Waals surface area contributed by atoms with Gasteiger partial charge in [0.2, 0.25) is 0 Å². The molecule has 5 nitrogen and oxygen atoms in total. The molecule has 0 aliphatic rings. The molecule has 14 heavy (non-hydrogen) atoms. The normalized spacial score (nSPS) is 13.0. The van der Waals surface area contributed by atoms with E-state index < -0.39 is 6.10 Å². The summed E-state index contributed by atoms with van der Waals surface area (Å²) in [4.78, 5) is 0. The highest BCUT2D eigenvalue weighted by Gasteiger charge is 2.14. The first-order valence-corrected chi connectivity index (χ1v) is 5.02. The fourth-order valence-electron chi connectivity index (χ4n) is 1.16. The maximum absolute atomic E-state index is 9.84. The molecule has 0 amide bonds. The van der Waals surface area contributed by atoms with Crippen LogP contribution in [0.5, 0.6) is 0 Å². The molecule has 1 unspecified atom stereocenters. The van der Waals surface area contributed by atoms with Crippen LogP contribution in [0.25, 0.3) is 0 Å². The fraction of sp³-hybridized carbons (Fsp3) is 0.375. The number of aromatic nitrogens is 4. The van der Waals surface area contributed by atoms with Crippen molar-refractivity contribution in [2.24, 2.45) is 0 Å². The van der Waals surface area contributed by atoms with E-state index in [1.165, 1.54) is 0 Å². The number of nitrogens with zero attached hydrogens (tertiary/aromatic N) is 4. The number of aryl methyl sites for hydroxylation is 1. The molecule has 1 N–H and O–H groups in total. The summed E-state index contributed by atoms with van der Waals surface area (Å²) in [5, 5.41) is 13.9. The molecule has 0 aromatic carbocycles. The lowest BCUT2D eigenvalue weighted by atomic mass is 10.1. The smallest absolute Gasteiger partial charge is 0.127 e. The first kappa shape index (κ1) is 9.29. The Morgan fingerprint density at radius 2 is 2.43 bits per heavy atom. The lowest BCUT2D eigenvalue weighted by Crippen LogP contribution is -1.98. The van der Waals surface area contributed by atoms with Gasteiger partial charge in [0, 0.05) is 18.3 Å². The van der Waals surface area contributed by atoms with Crippen LogP contribution >= 0.6 is 11.7 Å². The Kier molecular flexibility index (Phi) is 2.55. The predicted octanol–water partition coefficient (Wildman–Crippen LogP) is 0.836. The predicted molar refractivity (Wildman–Crippen MR) is 51.9 cm³/mol. The van der Waals surface area contributed by atoms with E-state index in [9.17, 15) is 5.11 Å². The van der Waals surface area contributed by atoms with Crippen LogP contribution in [0.1, 0.15) is 24.3 Å². The summed E-state index contributed by atoms with van der Waals surface area (Å²) in [7, 11) is 0. The molecule has 6 heteroatoms. The van der Waals surface area contributed by atoms with Crippen molar-refractivity contribution >= 4 is 11.7 Å². The van der Waals surface area contributed by atoms with Crippen LogP contribution < -0.4 is 0 Å². The Labute approximate surface area is 85.3 Å². The van der Waals surface area contributed by atoms with Crippen LogP contribution in [0.2, 0.25) is 0 Å². The van der Waals surface area contributed by atoms with Crippen molar-refractivity contribution in [3.8, 4) is 0 Å². The molecule has 0 aliphatic carbocycles. The van der Waals surface area contributed by atoms with Gasteiger partial charge in [-0.05, 0) is 6.92 Å². The molecule has 0 fully saturated rings. The van der Waals surface area contributed by atoms with Gasteiger partial charge in [-0.1, -0.05) is 0 Å². The van der Waals surface area contributed by atoms with Gasteiger partial charge in [-0.15, -0.1) is 0 Å². The van der Waals surface area contributed by atoms with Crippen LogP contribution in [-0.2, 0) is 6.54 Å². The molecule has 2 aromatic heterocycles. The lowest BCUT2D eigenvalue weighted by molar-refractivity contribution is 0.216. The molecular formula is C8H10N4OS. The number of rotatable bonds is 3. The third kappa shape index (κ3) is 1.66. The minimum Gasteiger partial charge on any atom is -0.382 e. The zero-order valence-electron chi connectivity index (χ0n) is 7.66. The van der Waals surface area contributed by atoms with Gasteiger partial charge < -0.3 is 5.11 Å². The number of hydrogen-bond donors (Lipinski definition) is 1. The van der Waals surface area contributed by atoms with Gasteiger partial charge in [-0.3, -0.25) is 4.68 Å². The zero-order valence-corrected chi connectivity index (χ0v) is 8.48. The van der Waals surface area contributed by atoms with Gasteiger partial charge in [0.05, 0.1) is 24.1 Å². The third-order valence-electron chi connectivity index (χ3n) is 1.95. The molecule has 0 bridgehead atoms. The molecule has 2 aromatic rings. The van der Waals surface area contributed by atoms with Gasteiger partial charge in [0.15, 0.2) is 0 Å². The van der Waals surface area contributed by atoms with Crippen molar-refractivity contribution in [3.05, 3.63) is 29.8 Å². The molecule has 0 radical (unpaired) electrons. The summed E-state index contributed by atoms with van der Waals surface area (Å²) in [6.07, 6.45) is 4.31. The molecule has 0 saturated carbocycles. The largest absolute Gasteiger partial charge is 0.382 e. The number of hydrogen-bond acceptors (Lipinski definition) is 5. The molecule has 0 spiro atoms. The first-order valence-electron chi connectivity index (χ1n) is 4.29. The van der Waals surface area contributed by atoms with Gasteiger partial charge in [-0.25, -0.2) is 0 Å². The Bertz CT molecular complexity index is 397. The van der Waals surface area contributed by atoms with Gasteiger partial charge in [0.25, 0.3) is 0 Å². The Hall–Kier alpha value is -1.27. The van der Waals surface area contributed by atoms with Gasteiger partial charge in [0.1, 0.15) is 11.8 Å². The fourth-order valence-corrected chi connectivity index (χ4v) is 1.60. The summed E-state index contributed by atoms with van der Waals surface area (Å²) >= 11 is 1.09. The van der Waals surface area contributed by atoms with Gasteiger partial charge in [-0.2, -0.15) is 13.8 Å². The Morgan fingerprint density at radius 3 is 3.00 bits per heavy atom. The van der Waals surface area contributed by atoms with Gasteiger partial charge >= 0.3 is 0 Å². The minimum atomic E-state index is -0.714. The maximum atomic E-state index is 9.84. The van der Waals surface area contributed by atoms with E-state index in [4.69, 9.17) is 0 Å². The van der Waals surface area contributed by atoms with E-state index in [0.29, 0.717) is 5.69 Å². The van der Waals surface area contributed by atoms with Crippen LogP contribution in [0.15, 0.2) is 18.6 Å². The van der Waals surface area contributed by atoms with Crippen LogP contribution in [0, 0.1) is 0 Å². The van der Waals surface area contributed by atoms with Crippen molar-refractivity contribution in [3.63, 3.8) is 0 Å². The first-order chi connectivity index (χ1) is 6.81. The lowest BCUT2D eigenvalue weighted by Gasteiger charge is -2.02. The van der Waals surface area contributed by atoms with Crippen molar-refractivity contribution < 1.29 is 5.11 Å². The highest BCUT2D eigenvalue weighted by Crippen LogP contribution is 2.19. The Balaban J connectivity index is 2.23. The second-order valence-corrected chi connectivity index (χ2v) is 3.42. The zero-order chi connectivity index (χ0) is 9.97. The molecule has 0 aliphatic heterocycles. The number of aliphatic hydroxyl groups is 1. The standard InChI is InChI=1S/C8H10N4OS/c1-2-12-5-6(3-9-12)8(13)7-4-10-14-11-7/h3-5,8,13H,2H2,1H3. The molecule has 2 heterocycles. The summed E-state index contributed by atoms with van der Waals surface area (Å²) in [5.74, 6) is 0. The highest BCUT2D eigenvalue weighted by molar-refractivity contribution is 6.99. The second kappa shape index (κ2) is 3.85. The van der Waals surface area contributed by atoms with E-state index in [1.807, 2.05) is 13.1 Å². The average Bonchev–Trinajstić information content (AvgIpc) is 2.88. The average molecular weight is 210 g/mol. The van der Waals surface area contributed by atoms with E-state index in [1.54, 1.807) is 17.1 Å². The Morgan fingerprint density at radius 1 is 1.57 bits per heavy atom. The quantitative estimate of drug-likeness (QED) is 0.815. The molecule has 2 rings (SSSR count). The van der Waals surface area contributed by atoms with Crippen molar-refractivity contribution in [2.75, 3.05) is 0 Å². The van der Waals surface area contributed by atoms with Crippen molar-refractivity contribution in [1.29, 1.82) is 0 Å². The minimum absolute atomic E-state index is 0.575. The molecule has 0 saturated heterocycles. The summed E-state index contributed by atoms with van der Waals surface area (Å²) in [5.41, 5.74) is 1.32.